The van der Waals surface area contributed by atoms with Crippen LogP contribution in [0.15, 0.2) is 18.2 Å². The molecule has 0 bridgehead atoms. The molecule has 1 aliphatic heterocycles. The molecule has 1 aliphatic rings. The highest BCUT2D eigenvalue weighted by molar-refractivity contribution is 5.44. The van der Waals surface area contributed by atoms with Gasteiger partial charge in [-0.3, -0.25) is 0 Å². The summed E-state index contributed by atoms with van der Waals surface area (Å²) in [7, 11) is 0. The third kappa shape index (κ3) is 3.49. The van der Waals surface area contributed by atoms with Crippen LogP contribution in [0, 0.1) is 5.92 Å². The van der Waals surface area contributed by atoms with Crippen LogP contribution in [0.2, 0.25) is 0 Å². The molecule has 0 saturated heterocycles. The van der Waals surface area contributed by atoms with Crippen molar-refractivity contribution >= 4 is 0 Å². The van der Waals surface area contributed by atoms with E-state index in [4.69, 9.17) is 4.74 Å². The van der Waals surface area contributed by atoms with Crippen molar-refractivity contribution in [3.63, 3.8) is 0 Å². The molecule has 2 heteroatoms. The molecule has 1 N–H and O–H groups in total. The van der Waals surface area contributed by atoms with Gasteiger partial charge in [0.1, 0.15) is 5.75 Å². The van der Waals surface area contributed by atoms with Crippen molar-refractivity contribution in [1.29, 1.82) is 0 Å². The first kappa shape index (κ1) is 13.4. The summed E-state index contributed by atoms with van der Waals surface area (Å²) in [6.07, 6.45) is 2.16. The normalized spacial score (nSPS) is 16.2. The van der Waals surface area contributed by atoms with E-state index >= 15 is 0 Å². The van der Waals surface area contributed by atoms with E-state index in [1.807, 2.05) is 0 Å². The Labute approximate surface area is 111 Å². The fraction of sp³-hybridized carbons (Fsp3) is 0.625. The summed E-state index contributed by atoms with van der Waals surface area (Å²) in [6.45, 7) is 10.8. The van der Waals surface area contributed by atoms with Crippen molar-refractivity contribution in [2.75, 3.05) is 13.2 Å². The summed E-state index contributed by atoms with van der Waals surface area (Å²) in [4.78, 5) is 0. The zero-order valence-electron chi connectivity index (χ0n) is 12.0. The van der Waals surface area contributed by atoms with E-state index in [1.54, 1.807) is 0 Å². The lowest BCUT2D eigenvalue weighted by molar-refractivity contribution is 0.347. The predicted molar refractivity (Wildman–Crippen MR) is 76.3 cm³/mol. The lowest BCUT2D eigenvalue weighted by Gasteiger charge is -2.23. The Morgan fingerprint density at radius 2 is 2.11 bits per heavy atom. The van der Waals surface area contributed by atoms with Gasteiger partial charge in [0.05, 0.1) is 6.61 Å². The van der Waals surface area contributed by atoms with Gasteiger partial charge in [0.2, 0.25) is 0 Å². The summed E-state index contributed by atoms with van der Waals surface area (Å²) < 4.78 is 5.76. The van der Waals surface area contributed by atoms with Gasteiger partial charge in [-0.1, -0.05) is 25.1 Å². The monoisotopic (exact) mass is 247 g/mol. The van der Waals surface area contributed by atoms with Crippen molar-refractivity contribution < 1.29 is 4.74 Å². The Kier molecular flexibility index (Phi) is 3.96. The number of para-hydroxylation sites is 1. The quantitative estimate of drug-likeness (QED) is 0.882. The van der Waals surface area contributed by atoms with E-state index in [1.165, 1.54) is 11.1 Å². The van der Waals surface area contributed by atoms with Crippen molar-refractivity contribution in [1.82, 2.24) is 5.32 Å². The first-order valence-corrected chi connectivity index (χ1v) is 6.94. The molecule has 100 valence electrons. The van der Waals surface area contributed by atoms with E-state index in [2.05, 4.69) is 51.2 Å². The second-order valence-corrected chi connectivity index (χ2v) is 6.44. The molecule has 0 amide bonds. The van der Waals surface area contributed by atoms with Gasteiger partial charge < -0.3 is 10.1 Å². The Morgan fingerprint density at radius 3 is 2.83 bits per heavy atom. The number of ether oxygens (including phenoxy) is 1. The molecular formula is C16H25NO. The maximum Gasteiger partial charge on any atom is 0.125 e. The summed E-state index contributed by atoms with van der Waals surface area (Å²) in [5.74, 6) is 1.78. The second-order valence-electron chi connectivity index (χ2n) is 6.44. The molecular weight excluding hydrogens is 222 g/mol. The Hall–Kier alpha value is -1.02. The zero-order valence-corrected chi connectivity index (χ0v) is 12.0. The fourth-order valence-corrected chi connectivity index (χ4v) is 2.37. The standard InChI is InChI=1S/C16H25NO/c1-12(11-17-16(2,3)4)10-14-7-5-6-13-8-9-18-15(13)14/h5-7,12,17H,8-11H2,1-4H3. The molecule has 0 aliphatic carbocycles. The molecule has 0 saturated carbocycles. The van der Waals surface area contributed by atoms with Crippen molar-refractivity contribution in [3.8, 4) is 5.75 Å². The van der Waals surface area contributed by atoms with Crippen LogP contribution in [0.5, 0.6) is 5.75 Å². The van der Waals surface area contributed by atoms with Gasteiger partial charge in [-0.05, 0) is 50.8 Å². The van der Waals surface area contributed by atoms with Crippen molar-refractivity contribution in [2.24, 2.45) is 5.92 Å². The lowest BCUT2D eigenvalue weighted by atomic mass is 9.97. The number of nitrogens with one attached hydrogen (secondary N) is 1. The van der Waals surface area contributed by atoms with Gasteiger partial charge in [-0.15, -0.1) is 0 Å². The molecule has 2 rings (SSSR count). The van der Waals surface area contributed by atoms with E-state index in [-0.39, 0.29) is 5.54 Å². The molecule has 0 fully saturated rings. The number of benzene rings is 1. The van der Waals surface area contributed by atoms with Gasteiger partial charge in [-0.25, -0.2) is 0 Å². The lowest BCUT2D eigenvalue weighted by Crippen LogP contribution is -2.39. The van der Waals surface area contributed by atoms with Gasteiger partial charge in [0.15, 0.2) is 0 Å². The molecule has 1 heterocycles. The van der Waals surface area contributed by atoms with Crippen LogP contribution in [0.1, 0.15) is 38.8 Å². The first-order valence-electron chi connectivity index (χ1n) is 6.94. The number of rotatable bonds is 4. The SMILES string of the molecule is CC(CNC(C)(C)C)Cc1cccc2c1OCC2. The van der Waals surface area contributed by atoms with Gasteiger partial charge in [0, 0.05) is 12.0 Å². The van der Waals surface area contributed by atoms with Crippen LogP contribution >= 0.6 is 0 Å². The number of hydrogen-bond acceptors (Lipinski definition) is 2. The topological polar surface area (TPSA) is 21.3 Å². The van der Waals surface area contributed by atoms with Crippen molar-refractivity contribution in [2.45, 2.75) is 46.1 Å². The third-order valence-corrected chi connectivity index (χ3v) is 3.35. The molecule has 1 unspecified atom stereocenters. The van der Waals surface area contributed by atoms with E-state index < -0.39 is 0 Å². The maximum atomic E-state index is 5.76. The van der Waals surface area contributed by atoms with Gasteiger partial charge in [0.25, 0.3) is 0 Å². The highest BCUT2D eigenvalue weighted by Gasteiger charge is 2.18. The van der Waals surface area contributed by atoms with Crippen LogP contribution < -0.4 is 10.1 Å². The summed E-state index contributed by atoms with van der Waals surface area (Å²) in [5, 5.41) is 3.57. The van der Waals surface area contributed by atoms with E-state index in [0.717, 1.165) is 31.7 Å². The van der Waals surface area contributed by atoms with Gasteiger partial charge in [-0.2, -0.15) is 0 Å². The molecule has 0 aromatic heterocycles. The minimum atomic E-state index is 0.198. The van der Waals surface area contributed by atoms with Crippen LogP contribution in [0.4, 0.5) is 0 Å². The highest BCUT2D eigenvalue weighted by Crippen LogP contribution is 2.30. The minimum absolute atomic E-state index is 0.198. The molecule has 2 nitrogen and oxygen atoms in total. The summed E-state index contributed by atoms with van der Waals surface area (Å²) in [6, 6.07) is 6.55. The molecule has 0 spiro atoms. The third-order valence-electron chi connectivity index (χ3n) is 3.35. The molecule has 0 radical (unpaired) electrons. The average Bonchev–Trinajstić information content (AvgIpc) is 2.74. The Bertz CT molecular complexity index is 406. The van der Waals surface area contributed by atoms with Crippen molar-refractivity contribution in [3.05, 3.63) is 29.3 Å². The number of fused-ring (bicyclic) bond motifs is 1. The first-order chi connectivity index (χ1) is 8.46. The predicted octanol–water partition coefficient (Wildman–Crippen LogP) is 3.19. The van der Waals surface area contributed by atoms with Crippen LogP contribution in [0.25, 0.3) is 0 Å². The van der Waals surface area contributed by atoms with Crippen LogP contribution in [-0.2, 0) is 12.8 Å². The number of hydrogen-bond donors (Lipinski definition) is 1. The van der Waals surface area contributed by atoms with E-state index in [9.17, 15) is 0 Å². The fourth-order valence-electron chi connectivity index (χ4n) is 2.37. The Morgan fingerprint density at radius 1 is 1.33 bits per heavy atom. The zero-order chi connectivity index (χ0) is 13.2. The van der Waals surface area contributed by atoms with Crippen LogP contribution in [-0.4, -0.2) is 18.7 Å². The van der Waals surface area contributed by atoms with Gasteiger partial charge >= 0.3 is 0 Å². The molecule has 1 atom stereocenters. The summed E-state index contributed by atoms with van der Waals surface area (Å²) >= 11 is 0. The molecule has 1 aromatic carbocycles. The smallest absolute Gasteiger partial charge is 0.125 e. The Balaban J connectivity index is 1.95. The second kappa shape index (κ2) is 5.31. The molecule has 1 aromatic rings. The minimum Gasteiger partial charge on any atom is -0.493 e. The largest absolute Gasteiger partial charge is 0.493 e. The van der Waals surface area contributed by atoms with E-state index in [0.29, 0.717) is 5.92 Å². The average molecular weight is 247 g/mol. The highest BCUT2D eigenvalue weighted by atomic mass is 16.5. The summed E-state index contributed by atoms with van der Waals surface area (Å²) in [5.41, 5.74) is 2.94. The maximum absolute atomic E-state index is 5.76. The van der Waals surface area contributed by atoms with Crippen LogP contribution in [0.3, 0.4) is 0 Å². The molecule has 18 heavy (non-hydrogen) atoms.